The van der Waals surface area contributed by atoms with E-state index in [9.17, 15) is 26.4 Å². The number of alkyl halides is 3. The number of benzene rings is 2. The SMILES string of the molecule is COc1ccc2c(c1)CN(C(=O)[C@H](C)NS(=O)(=O)c1ccccc1C(F)(F)F)CC2. The van der Waals surface area contributed by atoms with E-state index in [0.717, 1.165) is 23.3 Å². The fourth-order valence-electron chi connectivity index (χ4n) is 3.40. The number of carbonyl (C=O) groups excluding carboxylic acids is 1. The molecule has 2 aromatic carbocycles. The third-order valence-corrected chi connectivity index (χ3v) is 6.52. The monoisotopic (exact) mass is 442 g/mol. The molecule has 0 saturated heterocycles. The first-order valence-electron chi connectivity index (χ1n) is 9.16. The molecule has 0 spiro atoms. The van der Waals surface area contributed by atoms with Crippen molar-refractivity contribution in [1.29, 1.82) is 0 Å². The first-order valence-corrected chi connectivity index (χ1v) is 10.6. The van der Waals surface area contributed by atoms with Crippen LogP contribution < -0.4 is 9.46 Å². The molecule has 1 aliphatic rings. The van der Waals surface area contributed by atoms with Gasteiger partial charge >= 0.3 is 6.18 Å². The Hall–Kier alpha value is -2.59. The largest absolute Gasteiger partial charge is 0.497 e. The number of rotatable bonds is 5. The van der Waals surface area contributed by atoms with Crippen molar-refractivity contribution in [3.8, 4) is 5.75 Å². The second kappa shape index (κ2) is 8.27. The number of fused-ring (bicyclic) bond motifs is 1. The van der Waals surface area contributed by atoms with Crippen LogP contribution in [0.2, 0.25) is 0 Å². The number of hydrogen-bond donors (Lipinski definition) is 1. The van der Waals surface area contributed by atoms with Crippen molar-refractivity contribution in [2.24, 2.45) is 0 Å². The Morgan fingerprint density at radius 1 is 1.17 bits per heavy atom. The summed E-state index contributed by atoms with van der Waals surface area (Å²) in [6.07, 6.45) is -4.25. The molecule has 0 fully saturated rings. The molecular weight excluding hydrogens is 421 g/mol. The van der Waals surface area contributed by atoms with Crippen LogP contribution in [0.25, 0.3) is 0 Å². The Kier molecular flexibility index (Phi) is 6.09. The molecule has 1 heterocycles. The Balaban J connectivity index is 1.78. The van der Waals surface area contributed by atoms with Crippen molar-refractivity contribution >= 4 is 15.9 Å². The fourth-order valence-corrected chi connectivity index (χ4v) is 4.83. The minimum absolute atomic E-state index is 0.260. The van der Waals surface area contributed by atoms with Crippen molar-refractivity contribution < 1.29 is 31.1 Å². The predicted molar refractivity (Wildman–Crippen MR) is 103 cm³/mol. The summed E-state index contributed by atoms with van der Waals surface area (Å²) in [5.41, 5.74) is 0.662. The molecule has 0 radical (unpaired) electrons. The van der Waals surface area contributed by atoms with E-state index in [1.165, 1.54) is 25.0 Å². The molecule has 0 unspecified atom stereocenters. The van der Waals surface area contributed by atoms with Crippen LogP contribution in [0.3, 0.4) is 0 Å². The highest BCUT2D eigenvalue weighted by Crippen LogP contribution is 2.34. The van der Waals surface area contributed by atoms with Crippen LogP contribution in [-0.2, 0) is 34.0 Å². The Bertz CT molecular complexity index is 1050. The highest BCUT2D eigenvalue weighted by Gasteiger charge is 2.38. The number of amides is 1. The lowest BCUT2D eigenvalue weighted by Gasteiger charge is -2.31. The number of sulfonamides is 1. The molecule has 1 atom stereocenters. The molecule has 0 aromatic heterocycles. The molecule has 10 heteroatoms. The van der Waals surface area contributed by atoms with Gasteiger partial charge < -0.3 is 9.64 Å². The van der Waals surface area contributed by atoms with Crippen LogP contribution in [0.4, 0.5) is 13.2 Å². The second-order valence-electron chi connectivity index (χ2n) is 6.98. The molecule has 0 aliphatic carbocycles. The quantitative estimate of drug-likeness (QED) is 0.773. The van der Waals surface area contributed by atoms with E-state index in [4.69, 9.17) is 4.74 Å². The average Bonchev–Trinajstić information content (AvgIpc) is 2.71. The van der Waals surface area contributed by atoms with Gasteiger partial charge in [-0.2, -0.15) is 17.9 Å². The normalized spacial score (nSPS) is 15.4. The number of halogens is 3. The molecule has 0 bridgehead atoms. The topological polar surface area (TPSA) is 75.7 Å². The summed E-state index contributed by atoms with van der Waals surface area (Å²) in [5.74, 6) is 0.122. The van der Waals surface area contributed by atoms with Crippen molar-refractivity contribution in [3.63, 3.8) is 0 Å². The molecule has 30 heavy (non-hydrogen) atoms. The highest BCUT2D eigenvalue weighted by molar-refractivity contribution is 7.89. The van der Waals surface area contributed by atoms with Gasteiger partial charge in [0.25, 0.3) is 0 Å². The van der Waals surface area contributed by atoms with E-state index in [0.29, 0.717) is 24.8 Å². The zero-order valence-electron chi connectivity index (χ0n) is 16.4. The molecule has 162 valence electrons. The number of ether oxygens (including phenoxy) is 1. The Labute approximate surface area is 172 Å². The summed E-state index contributed by atoms with van der Waals surface area (Å²) < 4.78 is 72.0. The van der Waals surface area contributed by atoms with Crippen LogP contribution in [0.1, 0.15) is 23.6 Å². The molecule has 1 aliphatic heterocycles. The maximum atomic E-state index is 13.2. The van der Waals surface area contributed by atoms with Gasteiger partial charge in [0.15, 0.2) is 0 Å². The third-order valence-electron chi connectivity index (χ3n) is 4.92. The summed E-state index contributed by atoms with van der Waals surface area (Å²) in [7, 11) is -3.03. The summed E-state index contributed by atoms with van der Waals surface area (Å²) in [6.45, 7) is 1.96. The lowest BCUT2D eigenvalue weighted by Crippen LogP contribution is -2.48. The van der Waals surface area contributed by atoms with Crippen molar-refractivity contribution in [1.82, 2.24) is 9.62 Å². The minimum Gasteiger partial charge on any atom is -0.497 e. The lowest BCUT2D eigenvalue weighted by molar-refractivity contribution is -0.139. The van der Waals surface area contributed by atoms with Crippen LogP contribution in [0.15, 0.2) is 47.4 Å². The minimum atomic E-state index is -4.84. The standard InChI is InChI=1S/C20H21F3N2O4S/c1-13(24-30(27,28)18-6-4-3-5-17(18)20(21,22)23)19(26)25-10-9-14-7-8-16(29-2)11-15(14)12-25/h3-8,11,13,24H,9-10,12H2,1-2H3/t13-/m0/s1. The van der Waals surface area contributed by atoms with E-state index in [-0.39, 0.29) is 6.54 Å². The molecule has 2 aromatic rings. The molecule has 3 rings (SSSR count). The van der Waals surface area contributed by atoms with E-state index in [2.05, 4.69) is 4.72 Å². The zero-order chi connectivity index (χ0) is 22.1. The van der Waals surface area contributed by atoms with Gasteiger partial charge in [0, 0.05) is 13.1 Å². The maximum absolute atomic E-state index is 13.2. The molecule has 1 amide bonds. The second-order valence-corrected chi connectivity index (χ2v) is 8.66. The van der Waals surface area contributed by atoms with Crippen molar-refractivity contribution in [2.75, 3.05) is 13.7 Å². The summed E-state index contributed by atoms with van der Waals surface area (Å²) in [4.78, 5) is 13.4. The molecular formula is C20H21F3N2O4S. The van der Waals surface area contributed by atoms with Gasteiger partial charge in [-0.1, -0.05) is 18.2 Å². The van der Waals surface area contributed by atoms with Crippen LogP contribution >= 0.6 is 0 Å². The van der Waals surface area contributed by atoms with E-state index >= 15 is 0 Å². The Morgan fingerprint density at radius 3 is 2.53 bits per heavy atom. The zero-order valence-corrected chi connectivity index (χ0v) is 17.2. The first kappa shape index (κ1) is 22.1. The maximum Gasteiger partial charge on any atom is 0.417 e. The number of carbonyl (C=O) groups is 1. The van der Waals surface area contributed by atoms with Gasteiger partial charge in [-0.15, -0.1) is 0 Å². The van der Waals surface area contributed by atoms with Crippen LogP contribution in [0.5, 0.6) is 5.75 Å². The smallest absolute Gasteiger partial charge is 0.417 e. The van der Waals surface area contributed by atoms with Gasteiger partial charge in [0.2, 0.25) is 15.9 Å². The predicted octanol–water partition coefficient (Wildman–Crippen LogP) is 2.97. The van der Waals surface area contributed by atoms with Gasteiger partial charge in [0.05, 0.1) is 23.6 Å². The Morgan fingerprint density at radius 2 is 1.87 bits per heavy atom. The average molecular weight is 442 g/mol. The molecule has 1 N–H and O–H groups in total. The molecule has 0 saturated carbocycles. The van der Waals surface area contributed by atoms with E-state index in [1.54, 1.807) is 0 Å². The third kappa shape index (κ3) is 4.59. The van der Waals surface area contributed by atoms with E-state index < -0.39 is 38.6 Å². The van der Waals surface area contributed by atoms with Gasteiger partial charge in [-0.25, -0.2) is 8.42 Å². The van der Waals surface area contributed by atoms with Crippen LogP contribution in [-0.4, -0.2) is 38.9 Å². The summed E-state index contributed by atoms with van der Waals surface area (Å²) in [6, 6.07) is 8.18. The number of nitrogens with zero attached hydrogens (tertiary/aromatic N) is 1. The first-order chi connectivity index (χ1) is 14.0. The van der Waals surface area contributed by atoms with Crippen LogP contribution in [0, 0.1) is 0 Å². The summed E-state index contributed by atoms with van der Waals surface area (Å²) >= 11 is 0. The lowest BCUT2D eigenvalue weighted by atomic mass is 9.99. The number of methoxy groups -OCH3 is 1. The number of hydrogen-bond acceptors (Lipinski definition) is 4. The van der Waals surface area contributed by atoms with Crippen molar-refractivity contribution in [2.45, 2.75) is 37.0 Å². The van der Waals surface area contributed by atoms with Crippen molar-refractivity contribution in [3.05, 3.63) is 59.2 Å². The highest BCUT2D eigenvalue weighted by atomic mass is 32.2. The fraction of sp³-hybridized carbons (Fsp3) is 0.350. The number of nitrogens with one attached hydrogen (secondary N) is 1. The van der Waals surface area contributed by atoms with Gasteiger partial charge in [-0.3, -0.25) is 4.79 Å². The van der Waals surface area contributed by atoms with E-state index in [1.807, 2.05) is 18.2 Å². The van der Waals surface area contributed by atoms with Gasteiger partial charge in [0.1, 0.15) is 5.75 Å². The van der Waals surface area contributed by atoms with Gasteiger partial charge in [-0.05, 0) is 48.7 Å². The molecule has 6 nitrogen and oxygen atoms in total. The summed E-state index contributed by atoms with van der Waals surface area (Å²) in [5, 5.41) is 0.